The zero-order valence-electron chi connectivity index (χ0n) is 17.9. The molecule has 0 aliphatic rings. The predicted octanol–water partition coefficient (Wildman–Crippen LogP) is 2.57. The molecule has 0 aromatic heterocycles. The SMILES string of the molecule is COCCOCCOCCOCCOCCOCCOCCOc1ccc(Br)cc1. The minimum Gasteiger partial charge on any atom is -0.491 e. The fraction of sp³-hybridized carbons (Fsp3) is 0.714. The third-order valence-electron chi connectivity index (χ3n) is 3.60. The van der Waals surface area contributed by atoms with Crippen LogP contribution >= 0.6 is 15.9 Å². The van der Waals surface area contributed by atoms with Crippen LogP contribution in [0.5, 0.6) is 5.75 Å². The standard InChI is InChI=1S/C21H35BrO8/c1-23-6-7-24-8-9-25-10-11-26-12-13-27-14-15-28-16-17-29-18-19-30-21-4-2-20(22)3-5-21/h2-5H,6-19H2,1H3. The van der Waals surface area contributed by atoms with Crippen LogP contribution in [0.4, 0.5) is 0 Å². The molecule has 1 aromatic rings. The number of methoxy groups -OCH3 is 1. The summed E-state index contributed by atoms with van der Waals surface area (Å²) in [5, 5.41) is 0. The summed E-state index contributed by atoms with van der Waals surface area (Å²) < 4.78 is 43.9. The van der Waals surface area contributed by atoms with E-state index >= 15 is 0 Å². The van der Waals surface area contributed by atoms with Gasteiger partial charge in [-0.1, -0.05) is 15.9 Å². The summed E-state index contributed by atoms with van der Waals surface area (Å²) in [6, 6.07) is 7.70. The molecule has 0 fully saturated rings. The van der Waals surface area contributed by atoms with Gasteiger partial charge >= 0.3 is 0 Å². The van der Waals surface area contributed by atoms with Gasteiger partial charge in [-0.15, -0.1) is 0 Å². The third-order valence-corrected chi connectivity index (χ3v) is 4.13. The lowest BCUT2D eigenvalue weighted by Gasteiger charge is -2.09. The summed E-state index contributed by atoms with van der Waals surface area (Å²) in [5.41, 5.74) is 0. The molecule has 174 valence electrons. The van der Waals surface area contributed by atoms with Crippen molar-refractivity contribution in [3.8, 4) is 5.75 Å². The van der Waals surface area contributed by atoms with E-state index in [0.717, 1.165) is 10.2 Å². The fourth-order valence-corrected chi connectivity index (χ4v) is 2.36. The van der Waals surface area contributed by atoms with Crippen LogP contribution in [0.15, 0.2) is 28.7 Å². The quantitative estimate of drug-likeness (QED) is 0.228. The van der Waals surface area contributed by atoms with Crippen molar-refractivity contribution in [2.24, 2.45) is 0 Å². The van der Waals surface area contributed by atoms with Crippen molar-refractivity contribution in [3.05, 3.63) is 28.7 Å². The molecule has 9 heteroatoms. The smallest absolute Gasteiger partial charge is 0.119 e. The van der Waals surface area contributed by atoms with Gasteiger partial charge in [-0.05, 0) is 24.3 Å². The highest BCUT2D eigenvalue weighted by atomic mass is 79.9. The maximum Gasteiger partial charge on any atom is 0.119 e. The van der Waals surface area contributed by atoms with Gasteiger partial charge in [0.15, 0.2) is 0 Å². The maximum absolute atomic E-state index is 5.56. The Morgan fingerprint density at radius 2 is 0.833 bits per heavy atom. The number of benzene rings is 1. The van der Waals surface area contributed by atoms with Crippen molar-refractivity contribution < 1.29 is 37.9 Å². The van der Waals surface area contributed by atoms with Crippen molar-refractivity contribution in [1.29, 1.82) is 0 Å². The molecule has 1 aromatic carbocycles. The van der Waals surface area contributed by atoms with Crippen molar-refractivity contribution >= 4 is 15.9 Å². The fourth-order valence-electron chi connectivity index (χ4n) is 2.09. The molecule has 0 N–H and O–H groups in total. The molecule has 0 radical (unpaired) electrons. The van der Waals surface area contributed by atoms with Gasteiger partial charge in [0.1, 0.15) is 12.4 Å². The van der Waals surface area contributed by atoms with Gasteiger partial charge in [-0.3, -0.25) is 0 Å². The van der Waals surface area contributed by atoms with Crippen LogP contribution in [0, 0.1) is 0 Å². The van der Waals surface area contributed by atoms with Gasteiger partial charge in [0.05, 0.1) is 85.9 Å². The van der Waals surface area contributed by atoms with Crippen LogP contribution in [-0.2, 0) is 33.2 Å². The third kappa shape index (κ3) is 18.0. The van der Waals surface area contributed by atoms with Crippen LogP contribution in [-0.4, -0.2) is 99.6 Å². The van der Waals surface area contributed by atoms with E-state index in [-0.39, 0.29) is 0 Å². The Balaban J connectivity index is 1.68. The number of rotatable bonds is 22. The van der Waals surface area contributed by atoms with E-state index in [2.05, 4.69) is 15.9 Å². The van der Waals surface area contributed by atoms with E-state index in [1.807, 2.05) is 24.3 Å². The second kappa shape index (κ2) is 21.5. The van der Waals surface area contributed by atoms with Gasteiger partial charge in [0.25, 0.3) is 0 Å². The highest BCUT2D eigenvalue weighted by Crippen LogP contribution is 2.15. The monoisotopic (exact) mass is 494 g/mol. The molecular weight excluding hydrogens is 460 g/mol. The first-order valence-corrected chi connectivity index (χ1v) is 11.0. The summed E-state index contributed by atoms with van der Waals surface area (Å²) in [6.45, 7) is 7.65. The van der Waals surface area contributed by atoms with E-state index in [1.54, 1.807) is 7.11 Å². The molecule has 0 aliphatic carbocycles. The Labute approximate surface area is 188 Å². The number of halogens is 1. The maximum atomic E-state index is 5.56. The van der Waals surface area contributed by atoms with Gasteiger partial charge in [0, 0.05) is 11.6 Å². The van der Waals surface area contributed by atoms with Crippen LogP contribution in [0.3, 0.4) is 0 Å². The summed E-state index contributed by atoms with van der Waals surface area (Å²) in [5.74, 6) is 0.829. The van der Waals surface area contributed by atoms with E-state index in [0.29, 0.717) is 92.5 Å². The summed E-state index contributed by atoms with van der Waals surface area (Å²) >= 11 is 3.39. The van der Waals surface area contributed by atoms with E-state index < -0.39 is 0 Å². The van der Waals surface area contributed by atoms with Gasteiger partial charge in [-0.2, -0.15) is 0 Å². The average molecular weight is 495 g/mol. The first-order chi connectivity index (χ1) is 14.8. The largest absolute Gasteiger partial charge is 0.491 e. The molecule has 0 saturated heterocycles. The van der Waals surface area contributed by atoms with Crippen molar-refractivity contribution in [2.75, 3.05) is 99.6 Å². The van der Waals surface area contributed by atoms with E-state index in [9.17, 15) is 0 Å². The first-order valence-electron chi connectivity index (χ1n) is 10.2. The van der Waals surface area contributed by atoms with Crippen molar-refractivity contribution in [2.45, 2.75) is 0 Å². The molecular formula is C21H35BrO8. The van der Waals surface area contributed by atoms with Gasteiger partial charge in [0.2, 0.25) is 0 Å². The molecule has 0 heterocycles. The molecule has 8 nitrogen and oxygen atoms in total. The normalized spacial score (nSPS) is 11.1. The molecule has 1 rings (SSSR count). The topological polar surface area (TPSA) is 73.8 Å². The lowest BCUT2D eigenvalue weighted by Crippen LogP contribution is -2.15. The van der Waals surface area contributed by atoms with Crippen LogP contribution < -0.4 is 4.74 Å². The molecule has 0 unspecified atom stereocenters. The summed E-state index contributed by atoms with van der Waals surface area (Å²) in [4.78, 5) is 0. The van der Waals surface area contributed by atoms with Crippen LogP contribution in [0.25, 0.3) is 0 Å². The Kier molecular flexibility index (Phi) is 19.5. The predicted molar refractivity (Wildman–Crippen MR) is 116 cm³/mol. The molecule has 0 spiro atoms. The molecule has 0 saturated carbocycles. The Morgan fingerprint density at radius 3 is 1.20 bits per heavy atom. The summed E-state index contributed by atoms with van der Waals surface area (Å²) in [6.07, 6.45) is 0. The Hall–Kier alpha value is -0.780. The number of hydrogen-bond acceptors (Lipinski definition) is 8. The van der Waals surface area contributed by atoms with E-state index in [1.165, 1.54) is 0 Å². The lowest BCUT2D eigenvalue weighted by atomic mass is 10.3. The van der Waals surface area contributed by atoms with Crippen molar-refractivity contribution in [1.82, 2.24) is 0 Å². The zero-order chi connectivity index (χ0) is 21.5. The number of hydrogen-bond donors (Lipinski definition) is 0. The van der Waals surface area contributed by atoms with Crippen LogP contribution in [0.1, 0.15) is 0 Å². The highest BCUT2D eigenvalue weighted by Gasteiger charge is 1.96. The first kappa shape index (κ1) is 27.3. The summed E-state index contributed by atoms with van der Waals surface area (Å²) in [7, 11) is 1.65. The molecule has 30 heavy (non-hydrogen) atoms. The second-order valence-corrected chi connectivity index (χ2v) is 6.89. The van der Waals surface area contributed by atoms with Gasteiger partial charge < -0.3 is 37.9 Å². The number of ether oxygens (including phenoxy) is 8. The lowest BCUT2D eigenvalue weighted by molar-refractivity contribution is -0.0199. The minimum absolute atomic E-state index is 0.512. The molecule has 0 aliphatic heterocycles. The minimum atomic E-state index is 0.512. The highest BCUT2D eigenvalue weighted by molar-refractivity contribution is 9.10. The molecule has 0 atom stereocenters. The second-order valence-electron chi connectivity index (χ2n) is 5.97. The average Bonchev–Trinajstić information content (AvgIpc) is 2.76. The van der Waals surface area contributed by atoms with Crippen molar-refractivity contribution in [3.63, 3.8) is 0 Å². The van der Waals surface area contributed by atoms with Gasteiger partial charge in [-0.25, -0.2) is 0 Å². The van der Waals surface area contributed by atoms with Crippen LogP contribution in [0.2, 0.25) is 0 Å². The van der Waals surface area contributed by atoms with E-state index in [4.69, 9.17) is 37.9 Å². The molecule has 0 bridgehead atoms. The molecule has 0 amide bonds. The Bertz CT molecular complexity index is 475. The Morgan fingerprint density at radius 1 is 0.500 bits per heavy atom. The zero-order valence-corrected chi connectivity index (χ0v) is 19.4.